The van der Waals surface area contributed by atoms with Gasteiger partial charge in [-0.1, -0.05) is 0 Å². The summed E-state index contributed by atoms with van der Waals surface area (Å²) in [6.45, 7) is 1.49. The second-order valence-electron chi connectivity index (χ2n) is 5.53. The first-order valence-electron chi connectivity index (χ1n) is 7.55. The lowest BCUT2D eigenvalue weighted by atomic mass is 10.2. The molecule has 2 aromatic rings. The molecule has 6 nitrogen and oxygen atoms in total. The molecule has 1 aromatic carbocycles. The molecule has 0 unspecified atom stereocenters. The summed E-state index contributed by atoms with van der Waals surface area (Å²) in [7, 11) is 3.91. The quantitative estimate of drug-likeness (QED) is 0.591. The van der Waals surface area contributed by atoms with Gasteiger partial charge in [0.25, 0.3) is 5.91 Å². The van der Waals surface area contributed by atoms with E-state index in [-0.39, 0.29) is 11.6 Å². The number of carbonyl (C=O) groups is 1. The van der Waals surface area contributed by atoms with Gasteiger partial charge in [0.15, 0.2) is 17.5 Å². The van der Waals surface area contributed by atoms with Crippen molar-refractivity contribution in [2.75, 3.05) is 37.8 Å². The topological polar surface area (TPSA) is 70.2 Å². The number of aromatic nitrogens is 2. The van der Waals surface area contributed by atoms with Crippen LogP contribution in [-0.2, 0) is 0 Å². The van der Waals surface area contributed by atoms with Gasteiger partial charge in [0.2, 0.25) is 5.95 Å². The van der Waals surface area contributed by atoms with E-state index in [1.54, 1.807) is 0 Å². The molecule has 0 atom stereocenters. The molecule has 0 aliphatic carbocycles. The number of carbonyl (C=O) groups excluding carboxylic acids is 1. The van der Waals surface area contributed by atoms with E-state index in [0.717, 1.165) is 25.1 Å². The molecular weight excluding hydrogens is 335 g/mol. The molecule has 2 N–H and O–H groups in total. The van der Waals surface area contributed by atoms with Crippen LogP contribution in [0, 0.1) is 17.5 Å². The van der Waals surface area contributed by atoms with Crippen LogP contribution in [0.1, 0.15) is 16.9 Å². The van der Waals surface area contributed by atoms with Crippen LogP contribution in [0.4, 0.5) is 24.8 Å². The van der Waals surface area contributed by atoms with Gasteiger partial charge in [-0.05, 0) is 45.3 Å². The van der Waals surface area contributed by atoms with Gasteiger partial charge in [0.05, 0.1) is 5.69 Å². The summed E-state index contributed by atoms with van der Waals surface area (Å²) < 4.78 is 39.7. The first kappa shape index (κ1) is 18.7. The van der Waals surface area contributed by atoms with Gasteiger partial charge >= 0.3 is 0 Å². The lowest BCUT2D eigenvalue weighted by Crippen LogP contribution is -2.18. The second-order valence-corrected chi connectivity index (χ2v) is 5.53. The van der Waals surface area contributed by atoms with Crippen LogP contribution in [0.25, 0.3) is 0 Å². The molecule has 0 saturated heterocycles. The minimum absolute atomic E-state index is 0.0331. The predicted octanol–water partition coefficient (Wildman–Crippen LogP) is 2.51. The Morgan fingerprint density at radius 3 is 2.64 bits per heavy atom. The first-order valence-corrected chi connectivity index (χ1v) is 7.55. The number of nitrogens with zero attached hydrogens (tertiary/aromatic N) is 3. The molecule has 0 bridgehead atoms. The zero-order valence-corrected chi connectivity index (χ0v) is 13.8. The third kappa shape index (κ3) is 5.15. The normalized spacial score (nSPS) is 10.8. The number of hydrogen-bond donors (Lipinski definition) is 2. The number of rotatable bonds is 7. The summed E-state index contributed by atoms with van der Waals surface area (Å²) in [5, 5.41) is 5.13. The predicted molar refractivity (Wildman–Crippen MR) is 88.0 cm³/mol. The van der Waals surface area contributed by atoms with Crippen molar-refractivity contribution in [2.45, 2.75) is 6.42 Å². The number of hydrogen-bond acceptors (Lipinski definition) is 5. The molecule has 25 heavy (non-hydrogen) atoms. The molecule has 0 saturated carbocycles. The number of nitrogens with one attached hydrogen (secondary N) is 2. The van der Waals surface area contributed by atoms with Gasteiger partial charge in [-0.3, -0.25) is 4.79 Å². The molecule has 1 aromatic heterocycles. The van der Waals surface area contributed by atoms with E-state index in [0.29, 0.717) is 6.54 Å². The number of anilines is 2. The minimum atomic E-state index is -1.65. The molecular formula is C16H18F3N5O. The Morgan fingerprint density at radius 2 is 1.92 bits per heavy atom. The molecule has 9 heteroatoms. The Morgan fingerprint density at radius 1 is 1.16 bits per heavy atom. The summed E-state index contributed by atoms with van der Waals surface area (Å²) in [4.78, 5) is 22.2. The van der Waals surface area contributed by atoms with E-state index in [2.05, 4.69) is 20.6 Å². The average molecular weight is 353 g/mol. The Bertz CT molecular complexity index is 755. The maximum atomic E-state index is 13.6. The number of halogens is 3. The lowest BCUT2D eigenvalue weighted by Gasteiger charge is -2.10. The van der Waals surface area contributed by atoms with Crippen molar-refractivity contribution in [1.29, 1.82) is 0 Å². The summed E-state index contributed by atoms with van der Waals surface area (Å²) in [6, 6.07) is 3.00. The third-order valence-electron chi connectivity index (χ3n) is 3.24. The first-order chi connectivity index (χ1) is 11.9. The molecule has 0 spiro atoms. The maximum absolute atomic E-state index is 13.6. The standard InChI is InChI=1S/C16H18F3N5O/c1-24(2)9-3-7-20-16-21-8-6-12(23-16)15(25)22-11-5-4-10(17)13(18)14(11)19/h4-6,8H,3,7,9H2,1-2H3,(H,22,25)(H,20,21,23). The largest absolute Gasteiger partial charge is 0.354 e. The highest BCUT2D eigenvalue weighted by atomic mass is 19.2. The van der Waals surface area contributed by atoms with Gasteiger partial charge in [0.1, 0.15) is 5.69 Å². The van der Waals surface area contributed by atoms with Gasteiger partial charge in [-0.2, -0.15) is 0 Å². The molecule has 0 aliphatic heterocycles. The van der Waals surface area contributed by atoms with Crippen LogP contribution in [0.3, 0.4) is 0 Å². The van der Waals surface area contributed by atoms with Crippen molar-refractivity contribution in [2.24, 2.45) is 0 Å². The van der Waals surface area contributed by atoms with E-state index >= 15 is 0 Å². The van der Waals surface area contributed by atoms with Gasteiger partial charge in [0, 0.05) is 12.7 Å². The van der Waals surface area contributed by atoms with Crippen LogP contribution in [0.2, 0.25) is 0 Å². The highest BCUT2D eigenvalue weighted by Crippen LogP contribution is 2.20. The molecule has 134 valence electrons. The molecule has 0 radical (unpaired) electrons. The fraction of sp³-hybridized carbons (Fsp3) is 0.312. The van der Waals surface area contributed by atoms with E-state index in [4.69, 9.17) is 0 Å². The van der Waals surface area contributed by atoms with Gasteiger partial charge in [-0.25, -0.2) is 23.1 Å². The van der Waals surface area contributed by atoms with Crippen LogP contribution < -0.4 is 10.6 Å². The zero-order valence-electron chi connectivity index (χ0n) is 13.8. The zero-order chi connectivity index (χ0) is 18.4. The van der Waals surface area contributed by atoms with Crippen LogP contribution in [-0.4, -0.2) is 48.0 Å². The van der Waals surface area contributed by atoms with Crippen molar-refractivity contribution >= 4 is 17.5 Å². The minimum Gasteiger partial charge on any atom is -0.354 e. The molecule has 1 heterocycles. The van der Waals surface area contributed by atoms with E-state index < -0.39 is 29.0 Å². The smallest absolute Gasteiger partial charge is 0.274 e. The third-order valence-corrected chi connectivity index (χ3v) is 3.24. The fourth-order valence-corrected chi connectivity index (χ4v) is 1.97. The average Bonchev–Trinajstić information content (AvgIpc) is 2.59. The van der Waals surface area contributed by atoms with Crippen LogP contribution in [0.5, 0.6) is 0 Å². The van der Waals surface area contributed by atoms with E-state index in [1.165, 1.54) is 12.3 Å². The van der Waals surface area contributed by atoms with Crippen LogP contribution >= 0.6 is 0 Å². The number of amides is 1. The molecule has 0 aliphatic rings. The SMILES string of the molecule is CN(C)CCCNc1nccc(C(=O)Nc2ccc(F)c(F)c2F)n1. The van der Waals surface area contributed by atoms with E-state index in [9.17, 15) is 18.0 Å². The van der Waals surface area contributed by atoms with Crippen molar-refractivity contribution in [3.63, 3.8) is 0 Å². The highest BCUT2D eigenvalue weighted by molar-refractivity contribution is 6.03. The van der Waals surface area contributed by atoms with Crippen molar-refractivity contribution in [3.05, 3.63) is 47.5 Å². The van der Waals surface area contributed by atoms with Crippen molar-refractivity contribution in [3.8, 4) is 0 Å². The monoisotopic (exact) mass is 353 g/mol. The van der Waals surface area contributed by atoms with E-state index in [1.807, 2.05) is 19.0 Å². The Hall–Kier alpha value is -2.68. The number of benzene rings is 1. The van der Waals surface area contributed by atoms with Gasteiger partial charge in [-0.15, -0.1) is 0 Å². The highest BCUT2D eigenvalue weighted by Gasteiger charge is 2.17. The van der Waals surface area contributed by atoms with Crippen molar-refractivity contribution < 1.29 is 18.0 Å². The van der Waals surface area contributed by atoms with Crippen molar-refractivity contribution in [1.82, 2.24) is 14.9 Å². The Balaban J connectivity index is 2.02. The lowest BCUT2D eigenvalue weighted by molar-refractivity contribution is 0.102. The second kappa shape index (κ2) is 8.43. The Labute approximate surface area is 143 Å². The summed E-state index contributed by atoms with van der Waals surface area (Å²) in [5.74, 6) is -4.96. The maximum Gasteiger partial charge on any atom is 0.274 e. The summed E-state index contributed by atoms with van der Waals surface area (Å²) in [6.07, 6.45) is 2.23. The Kier molecular flexibility index (Phi) is 6.29. The molecule has 0 fully saturated rings. The molecule has 2 rings (SSSR count). The fourth-order valence-electron chi connectivity index (χ4n) is 1.97. The summed E-state index contributed by atoms with van der Waals surface area (Å²) in [5.41, 5.74) is -0.503. The van der Waals surface area contributed by atoms with Gasteiger partial charge < -0.3 is 15.5 Å². The summed E-state index contributed by atoms with van der Waals surface area (Å²) >= 11 is 0. The van der Waals surface area contributed by atoms with Crippen LogP contribution in [0.15, 0.2) is 24.4 Å². The molecule has 1 amide bonds.